The second kappa shape index (κ2) is 5.51. The zero-order valence-corrected chi connectivity index (χ0v) is 11.6. The van der Waals surface area contributed by atoms with Crippen molar-refractivity contribution in [2.45, 2.75) is 13.8 Å². The molecule has 0 aliphatic carbocycles. The minimum atomic E-state index is -1.17. The summed E-state index contributed by atoms with van der Waals surface area (Å²) in [5.41, 5.74) is 1.32. The fourth-order valence-corrected chi connectivity index (χ4v) is 1.82. The number of benzene rings is 1. The fourth-order valence-electron chi connectivity index (χ4n) is 1.10. The topological polar surface area (TPSA) is 66.4 Å². The predicted molar refractivity (Wildman–Crippen MR) is 69.3 cm³/mol. The van der Waals surface area contributed by atoms with Crippen molar-refractivity contribution in [2.24, 2.45) is 5.92 Å². The number of carboxylic acid groups (broad SMARTS) is 1. The van der Waals surface area contributed by atoms with E-state index >= 15 is 0 Å². The van der Waals surface area contributed by atoms with Crippen LogP contribution in [0.3, 0.4) is 0 Å². The molecule has 1 aromatic rings. The molecule has 6 heteroatoms. The van der Waals surface area contributed by atoms with Gasteiger partial charge in [-0.15, -0.1) is 0 Å². The molecule has 0 fully saturated rings. The van der Waals surface area contributed by atoms with E-state index in [1.807, 2.05) is 6.92 Å². The van der Waals surface area contributed by atoms with Crippen LogP contribution in [0.5, 0.6) is 0 Å². The van der Waals surface area contributed by atoms with Gasteiger partial charge in [-0.1, -0.05) is 11.6 Å². The molecule has 1 rings (SSSR count). The summed E-state index contributed by atoms with van der Waals surface area (Å²) >= 11 is 9.20. The molecule has 0 heterocycles. The van der Waals surface area contributed by atoms with E-state index in [1.165, 1.54) is 6.92 Å². The van der Waals surface area contributed by atoms with Gasteiger partial charge < -0.3 is 10.4 Å². The Kier molecular flexibility index (Phi) is 4.54. The van der Waals surface area contributed by atoms with Crippen LogP contribution in [0.1, 0.15) is 12.5 Å². The Labute approximate surface area is 112 Å². The first kappa shape index (κ1) is 14.0. The average molecular weight is 321 g/mol. The molecule has 2 N–H and O–H groups in total. The van der Waals surface area contributed by atoms with Gasteiger partial charge in [0.15, 0.2) is 0 Å². The van der Waals surface area contributed by atoms with Crippen LogP contribution in [0.4, 0.5) is 5.69 Å². The number of aliphatic carboxylic acids is 1. The first-order valence-electron chi connectivity index (χ1n) is 4.82. The van der Waals surface area contributed by atoms with Gasteiger partial charge >= 0.3 is 5.97 Å². The molecule has 1 unspecified atom stereocenters. The molecular formula is C11H11BrClNO3. The van der Waals surface area contributed by atoms with E-state index in [9.17, 15) is 9.59 Å². The zero-order chi connectivity index (χ0) is 13.2. The van der Waals surface area contributed by atoms with Crippen molar-refractivity contribution in [1.82, 2.24) is 0 Å². The molecule has 17 heavy (non-hydrogen) atoms. The maximum absolute atomic E-state index is 11.5. The van der Waals surface area contributed by atoms with Crippen LogP contribution in [0.25, 0.3) is 0 Å². The number of carbonyl (C=O) groups is 2. The van der Waals surface area contributed by atoms with Crippen LogP contribution in [-0.4, -0.2) is 17.0 Å². The molecule has 0 radical (unpaired) electrons. The molecule has 0 saturated heterocycles. The summed E-state index contributed by atoms with van der Waals surface area (Å²) in [6.07, 6.45) is 0. The van der Waals surface area contributed by atoms with Crippen LogP contribution in [0, 0.1) is 12.8 Å². The summed E-state index contributed by atoms with van der Waals surface area (Å²) in [6.45, 7) is 3.15. The summed E-state index contributed by atoms with van der Waals surface area (Å²) in [7, 11) is 0. The molecule has 0 aromatic heterocycles. The molecular weight excluding hydrogens is 309 g/mol. The Bertz CT molecular complexity index is 476. The van der Waals surface area contributed by atoms with Crippen molar-refractivity contribution in [3.05, 3.63) is 27.2 Å². The van der Waals surface area contributed by atoms with Gasteiger partial charge in [-0.3, -0.25) is 9.59 Å². The zero-order valence-electron chi connectivity index (χ0n) is 9.25. The number of amides is 1. The Morgan fingerprint density at radius 2 is 2.06 bits per heavy atom. The number of aryl methyl sites for hydroxylation is 1. The molecule has 0 aliphatic rings. The molecule has 1 atom stereocenters. The average Bonchev–Trinajstić information content (AvgIpc) is 2.24. The summed E-state index contributed by atoms with van der Waals surface area (Å²) < 4.78 is 0.658. The molecule has 4 nitrogen and oxygen atoms in total. The number of carbonyl (C=O) groups excluding carboxylic acids is 1. The maximum Gasteiger partial charge on any atom is 0.315 e. The molecule has 1 aromatic carbocycles. The Hall–Kier alpha value is -1.07. The second-order valence-corrected chi connectivity index (χ2v) is 4.89. The van der Waals surface area contributed by atoms with Gasteiger partial charge in [-0.05, 0) is 47.5 Å². The number of hydrogen-bond donors (Lipinski definition) is 2. The van der Waals surface area contributed by atoms with Crippen LogP contribution < -0.4 is 5.32 Å². The van der Waals surface area contributed by atoms with Gasteiger partial charge in [-0.25, -0.2) is 0 Å². The highest BCUT2D eigenvalue weighted by Gasteiger charge is 2.21. The van der Waals surface area contributed by atoms with Gasteiger partial charge in [0, 0.05) is 9.50 Å². The minimum absolute atomic E-state index is 0.457. The lowest BCUT2D eigenvalue weighted by atomic mass is 10.1. The lowest BCUT2D eigenvalue weighted by molar-refractivity contribution is -0.144. The molecule has 1 amide bonds. The van der Waals surface area contributed by atoms with E-state index < -0.39 is 17.8 Å². The Morgan fingerprint density at radius 3 is 2.59 bits per heavy atom. The number of hydrogen-bond acceptors (Lipinski definition) is 2. The van der Waals surface area contributed by atoms with Crippen LogP contribution in [-0.2, 0) is 9.59 Å². The smallest absolute Gasteiger partial charge is 0.315 e. The van der Waals surface area contributed by atoms with Gasteiger partial charge in [0.2, 0.25) is 5.91 Å². The van der Waals surface area contributed by atoms with Crippen molar-refractivity contribution in [3.8, 4) is 0 Å². The largest absolute Gasteiger partial charge is 0.481 e. The lowest BCUT2D eigenvalue weighted by Gasteiger charge is -2.11. The molecule has 92 valence electrons. The summed E-state index contributed by atoms with van der Waals surface area (Å²) in [5.74, 6) is -2.86. The quantitative estimate of drug-likeness (QED) is 0.841. The minimum Gasteiger partial charge on any atom is -0.481 e. The van der Waals surface area contributed by atoms with E-state index in [0.29, 0.717) is 15.2 Å². The molecule has 0 aliphatic heterocycles. The number of halogens is 2. The van der Waals surface area contributed by atoms with E-state index in [4.69, 9.17) is 16.7 Å². The Balaban J connectivity index is 2.93. The monoisotopic (exact) mass is 319 g/mol. The Morgan fingerprint density at radius 1 is 1.47 bits per heavy atom. The third-order valence-electron chi connectivity index (χ3n) is 2.27. The van der Waals surface area contributed by atoms with E-state index in [0.717, 1.165) is 5.56 Å². The van der Waals surface area contributed by atoms with E-state index in [1.54, 1.807) is 12.1 Å². The van der Waals surface area contributed by atoms with E-state index in [-0.39, 0.29) is 0 Å². The van der Waals surface area contributed by atoms with Gasteiger partial charge in [0.05, 0.1) is 5.69 Å². The predicted octanol–water partition coefficient (Wildman–Crippen LogP) is 3.07. The van der Waals surface area contributed by atoms with Gasteiger partial charge in [-0.2, -0.15) is 0 Å². The van der Waals surface area contributed by atoms with Crippen molar-refractivity contribution in [1.29, 1.82) is 0 Å². The number of nitrogens with one attached hydrogen (secondary N) is 1. The van der Waals surface area contributed by atoms with Gasteiger partial charge in [0.1, 0.15) is 5.92 Å². The van der Waals surface area contributed by atoms with Crippen molar-refractivity contribution in [3.63, 3.8) is 0 Å². The first-order valence-corrected chi connectivity index (χ1v) is 5.99. The SMILES string of the molecule is Cc1cc(Br)c(NC(=O)C(C)C(=O)O)cc1Cl. The van der Waals surface area contributed by atoms with Gasteiger partial charge in [0.25, 0.3) is 0 Å². The third-order valence-corrected chi connectivity index (χ3v) is 3.33. The van der Waals surface area contributed by atoms with Crippen LogP contribution >= 0.6 is 27.5 Å². The van der Waals surface area contributed by atoms with E-state index in [2.05, 4.69) is 21.2 Å². The second-order valence-electron chi connectivity index (χ2n) is 3.63. The number of carboxylic acids is 1. The highest BCUT2D eigenvalue weighted by molar-refractivity contribution is 9.10. The van der Waals surface area contributed by atoms with Crippen LogP contribution in [0.15, 0.2) is 16.6 Å². The summed E-state index contributed by atoms with van der Waals surface area (Å²) in [6, 6.07) is 3.33. The molecule has 0 bridgehead atoms. The van der Waals surface area contributed by atoms with Crippen molar-refractivity contribution < 1.29 is 14.7 Å². The maximum atomic E-state index is 11.5. The standard InChI is InChI=1S/C11H11BrClNO3/c1-5-3-7(12)9(4-8(5)13)14-10(15)6(2)11(16)17/h3-4,6H,1-2H3,(H,14,15)(H,16,17). The molecule has 0 spiro atoms. The molecule has 0 saturated carbocycles. The first-order chi connectivity index (χ1) is 7.82. The third kappa shape index (κ3) is 3.44. The van der Waals surface area contributed by atoms with Crippen LogP contribution in [0.2, 0.25) is 5.02 Å². The van der Waals surface area contributed by atoms with Crippen molar-refractivity contribution in [2.75, 3.05) is 5.32 Å². The highest BCUT2D eigenvalue weighted by atomic mass is 79.9. The number of anilines is 1. The van der Waals surface area contributed by atoms with Crippen molar-refractivity contribution >= 4 is 45.1 Å². The summed E-state index contributed by atoms with van der Waals surface area (Å²) in [4.78, 5) is 22.2. The summed E-state index contributed by atoms with van der Waals surface area (Å²) in [5, 5.41) is 11.7. The lowest BCUT2D eigenvalue weighted by Crippen LogP contribution is -2.27. The highest BCUT2D eigenvalue weighted by Crippen LogP contribution is 2.29. The number of rotatable bonds is 3. The normalized spacial score (nSPS) is 12.0. The fraction of sp³-hybridized carbons (Fsp3) is 0.273.